The Morgan fingerprint density at radius 2 is 1.77 bits per heavy atom. The molecule has 2 atom stereocenters. The summed E-state index contributed by atoms with van der Waals surface area (Å²) < 4.78 is 11.3. The van der Waals surface area contributed by atoms with Gasteiger partial charge in [-0.25, -0.2) is 0 Å². The number of furan rings is 1. The molecule has 1 amide bonds. The summed E-state index contributed by atoms with van der Waals surface area (Å²) in [4.78, 5) is 12.7. The number of hydrogen-bond acceptors (Lipinski definition) is 3. The molecule has 0 bridgehead atoms. The van der Waals surface area contributed by atoms with Crippen LogP contribution in [0.15, 0.2) is 65.1 Å². The van der Waals surface area contributed by atoms with E-state index in [0.717, 1.165) is 18.4 Å². The normalized spacial score (nSPS) is 12.9. The molecule has 5 heteroatoms. The number of halogens is 1. The van der Waals surface area contributed by atoms with Crippen LogP contribution in [0.5, 0.6) is 5.75 Å². The van der Waals surface area contributed by atoms with E-state index in [1.54, 1.807) is 24.3 Å². The lowest BCUT2D eigenvalue weighted by Crippen LogP contribution is -2.27. The van der Waals surface area contributed by atoms with Gasteiger partial charge < -0.3 is 14.5 Å². The fourth-order valence-electron chi connectivity index (χ4n) is 3.23. The van der Waals surface area contributed by atoms with E-state index in [2.05, 4.69) is 50.4 Å². The minimum atomic E-state index is -0.234. The van der Waals surface area contributed by atoms with E-state index < -0.39 is 0 Å². The third-order valence-corrected chi connectivity index (χ3v) is 5.53. The molecule has 0 radical (unpaired) electrons. The van der Waals surface area contributed by atoms with Crippen molar-refractivity contribution >= 4 is 17.5 Å². The van der Waals surface area contributed by atoms with Gasteiger partial charge >= 0.3 is 0 Å². The van der Waals surface area contributed by atoms with E-state index in [1.165, 1.54) is 5.56 Å². The standard InChI is InChI=1S/C25H28ClNO3/c1-4-17(3)18-9-11-19(12-10-18)23(5-2)27-25(28)24-14-13-22(30-24)16-29-21-8-6-7-20(26)15-21/h6-15,17,23H,4-5,16H2,1-3H3,(H,27,28). The summed E-state index contributed by atoms with van der Waals surface area (Å²) in [6.45, 7) is 6.69. The Morgan fingerprint density at radius 1 is 1.03 bits per heavy atom. The molecule has 0 fully saturated rings. The zero-order valence-corrected chi connectivity index (χ0v) is 18.4. The van der Waals surface area contributed by atoms with E-state index in [4.69, 9.17) is 20.8 Å². The highest BCUT2D eigenvalue weighted by Gasteiger charge is 2.17. The number of ether oxygens (including phenoxy) is 1. The van der Waals surface area contributed by atoms with Gasteiger partial charge in [-0.1, -0.05) is 62.7 Å². The van der Waals surface area contributed by atoms with Gasteiger partial charge in [-0.05, 0) is 60.2 Å². The molecule has 4 nitrogen and oxygen atoms in total. The van der Waals surface area contributed by atoms with Gasteiger partial charge in [0.1, 0.15) is 18.1 Å². The Bertz CT molecular complexity index is 965. The molecular weight excluding hydrogens is 398 g/mol. The monoisotopic (exact) mass is 425 g/mol. The van der Waals surface area contributed by atoms with Crippen LogP contribution in [0.25, 0.3) is 0 Å². The highest BCUT2D eigenvalue weighted by Crippen LogP contribution is 2.24. The highest BCUT2D eigenvalue weighted by molar-refractivity contribution is 6.30. The highest BCUT2D eigenvalue weighted by atomic mass is 35.5. The second kappa shape index (κ2) is 10.4. The molecule has 3 rings (SSSR count). The van der Waals surface area contributed by atoms with Crippen LogP contribution in [-0.4, -0.2) is 5.91 Å². The molecule has 1 N–H and O–H groups in total. The summed E-state index contributed by atoms with van der Waals surface area (Å²) in [6.07, 6.45) is 1.90. The molecule has 0 aliphatic rings. The maximum Gasteiger partial charge on any atom is 0.287 e. The summed E-state index contributed by atoms with van der Waals surface area (Å²) in [5.74, 6) is 1.79. The van der Waals surface area contributed by atoms with Crippen LogP contribution in [0.2, 0.25) is 5.02 Å². The summed E-state index contributed by atoms with van der Waals surface area (Å²) in [5.41, 5.74) is 2.41. The molecule has 0 saturated heterocycles. The SMILES string of the molecule is CCC(C)c1ccc(C(CC)NC(=O)c2ccc(COc3cccc(Cl)c3)o2)cc1. The number of nitrogens with one attached hydrogen (secondary N) is 1. The van der Waals surface area contributed by atoms with Crippen molar-refractivity contribution in [3.05, 3.63) is 88.3 Å². The van der Waals surface area contributed by atoms with Crippen LogP contribution in [0.1, 0.15) is 73.0 Å². The van der Waals surface area contributed by atoms with Crippen LogP contribution in [0, 0.1) is 0 Å². The van der Waals surface area contributed by atoms with E-state index >= 15 is 0 Å². The van der Waals surface area contributed by atoms with Gasteiger partial charge in [0, 0.05) is 5.02 Å². The number of carbonyl (C=O) groups is 1. The van der Waals surface area contributed by atoms with Crippen molar-refractivity contribution in [2.75, 3.05) is 0 Å². The molecule has 3 aromatic rings. The molecular formula is C25H28ClNO3. The van der Waals surface area contributed by atoms with Crippen molar-refractivity contribution in [3.8, 4) is 5.75 Å². The first-order valence-electron chi connectivity index (χ1n) is 10.4. The van der Waals surface area contributed by atoms with Gasteiger partial charge in [-0.15, -0.1) is 0 Å². The Hall–Kier alpha value is -2.72. The number of benzene rings is 2. The van der Waals surface area contributed by atoms with Crippen molar-refractivity contribution < 1.29 is 13.9 Å². The summed E-state index contributed by atoms with van der Waals surface area (Å²) in [5, 5.41) is 3.67. The lowest BCUT2D eigenvalue weighted by atomic mass is 9.95. The van der Waals surface area contributed by atoms with E-state index in [9.17, 15) is 4.79 Å². The zero-order valence-electron chi connectivity index (χ0n) is 17.7. The summed E-state index contributed by atoms with van der Waals surface area (Å²) in [7, 11) is 0. The zero-order chi connectivity index (χ0) is 21.5. The first kappa shape index (κ1) is 22.0. The number of rotatable bonds is 9. The second-order valence-corrected chi connectivity index (χ2v) is 7.86. The first-order chi connectivity index (χ1) is 14.5. The first-order valence-corrected chi connectivity index (χ1v) is 10.8. The Kier molecular flexibility index (Phi) is 7.58. The van der Waals surface area contributed by atoms with E-state index in [1.807, 2.05) is 12.1 Å². The lowest BCUT2D eigenvalue weighted by Gasteiger charge is -2.18. The Labute approximate surface area is 183 Å². The molecule has 2 unspecified atom stereocenters. The fraction of sp³-hybridized carbons (Fsp3) is 0.320. The number of amides is 1. The van der Waals surface area contributed by atoms with Gasteiger partial charge in [0.05, 0.1) is 6.04 Å². The lowest BCUT2D eigenvalue weighted by molar-refractivity contribution is 0.0903. The van der Waals surface area contributed by atoms with Gasteiger partial charge in [-0.2, -0.15) is 0 Å². The molecule has 158 valence electrons. The van der Waals surface area contributed by atoms with E-state index in [-0.39, 0.29) is 24.3 Å². The molecule has 1 aromatic heterocycles. The molecule has 0 spiro atoms. The third kappa shape index (κ3) is 5.67. The summed E-state index contributed by atoms with van der Waals surface area (Å²) >= 11 is 5.96. The largest absolute Gasteiger partial charge is 0.486 e. The van der Waals surface area contributed by atoms with Crippen LogP contribution in [0.3, 0.4) is 0 Å². The van der Waals surface area contributed by atoms with Crippen molar-refractivity contribution in [1.29, 1.82) is 0 Å². The molecule has 1 heterocycles. The van der Waals surface area contributed by atoms with Crippen molar-refractivity contribution in [2.45, 2.75) is 52.2 Å². The molecule has 0 aliphatic heterocycles. The minimum Gasteiger partial charge on any atom is -0.486 e. The Balaban J connectivity index is 1.60. The quantitative estimate of drug-likeness (QED) is 0.405. The van der Waals surface area contributed by atoms with Crippen LogP contribution in [-0.2, 0) is 6.61 Å². The molecule has 0 aliphatic carbocycles. The minimum absolute atomic E-state index is 0.0697. The molecule has 0 saturated carbocycles. The predicted octanol–water partition coefficient (Wildman–Crippen LogP) is 6.91. The second-order valence-electron chi connectivity index (χ2n) is 7.42. The van der Waals surface area contributed by atoms with Crippen LogP contribution < -0.4 is 10.1 Å². The molecule has 30 heavy (non-hydrogen) atoms. The van der Waals surface area contributed by atoms with Crippen molar-refractivity contribution in [2.24, 2.45) is 0 Å². The molecule has 2 aromatic carbocycles. The average Bonchev–Trinajstić information content (AvgIpc) is 3.25. The predicted molar refractivity (Wildman–Crippen MR) is 120 cm³/mol. The van der Waals surface area contributed by atoms with Gasteiger partial charge in [0.25, 0.3) is 5.91 Å². The number of carbonyl (C=O) groups excluding carboxylic acids is 1. The van der Waals surface area contributed by atoms with Gasteiger partial charge in [0.15, 0.2) is 5.76 Å². The third-order valence-electron chi connectivity index (χ3n) is 5.30. The average molecular weight is 426 g/mol. The smallest absolute Gasteiger partial charge is 0.287 e. The van der Waals surface area contributed by atoms with Crippen LogP contribution in [0.4, 0.5) is 0 Å². The maximum absolute atomic E-state index is 12.7. The fourth-order valence-corrected chi connectivity index (χ4v) is 3.41. The number of hydrogen-bond donors (Lipinski definition) is 1. The van der Waals surface area contributed by atoms with Crippen LogP contribution >= 0.6 is 11.6 Å². The van der Waals surface area contributed by atoms with Crippen molar-refractivity contribution in [3.63, 3.8) is 0 Å². The van der Waals surface area contributed by atoms with Crippen molar-refractivity contribution in [1.82, 2.24) is 5.32 Å². The topological polar surface area (TPSA) is 51.5 Å². The van der Waals surface area contributed by atoms with Gasteiger partial charge in [0.2, 0.25) is 0 Å². The summed E-state index contributed by atoms with van der Waals surface area (Å²) in [6, 6.07) is 19.0. The van der Waals surface area contributed by atoms with Gasteiger partial charge in [-0.3, -0.25) is 4.79 Å². The Morgan fingerprint density at radius 3 is 2.43 bits per heavy atom. The van der Waals surface area contributed by atoms with E-state index in [0.29, 0.717) is 22.5 Å². The maximum atomic E-state index is 12.7.